The van der Waals surface area contributed by atoms with Gasteiger partial charge in [0, 0.05) is 17.6 Å². The minimum absolute atomic E-state index is 0.0762. The van der Waals surface area contributed by atoms with Gasteiger partial charge in [-0.3, -0.25) is 0 Å². The third-order valence-electron chi connectivity index (χ3n) is 6.41. The standard InChI is InChI=1S/C30H21F10NO2/c31-23-12-22(28(32,33)34)13-24(16-23)41-18-27(17-19-6-2-1-3-7-19,20-8-4-10-25(14-20)42-29(35,36)37)21-9-5-11-26(15-21)43-30(38,39)40/h1-16,41H,17-18H2. The molecule has 4 aromatic carbocycles. The topological polar surface area (TPSA) is 30.5 Å². The minimum atomic E-state index is -5.07. The van der Waals surface area contributed by atoms with Gasteiger partial charge in [0.15, 0.2) is 0 Å². The van der Waals surface area contributed by atoms with Crippen molar-refractivity contribution in [3.05, 3.63) is 125 Å². The zero-order valence-corrected chi connectivity index (χ0v) is 21.7. The van der Waals surface area contributed by atoms with Crippen LogP contribution in [0.4, 0.5) is 49.6 Å². The predicted molar refractivity (Wildman–Crippen MR) is 137 cm³/mol. The lowest BCUT2D eigenvalue weighted by molar-refractivity contribution is -0.275. The van der Waals surface area contributed by atoms with Crippen molar-refractivity contribution in [2.24, 2.45) is 0 Å². The summed E-state index contributed by atoms with van der Waals surface area (Å²) in [5.41, 5.74) is -2.42. The Balaban J connectivity index is 1.92. The summed E-state index contributed by atoms with van der Waals surface area (Å²) in [7, 11) is 0. The van der Waals surface area contributed by atoms with Crippen LogP contribution in [0.3, 0.4) is 0 Å². The fourth-order valence-electron chi connectivity index (χ4n) is 4.67. The molecule has 0 heterocycles. The molecule has 0 saturated heterocycles. The smallest absolute Gasteiger partial charge is 0.406 e. The molecular weight excluding hydrogens is 596 g/mol. The van der Waals surface area contributed by atoms with Gasteiger partial charge >= 0.3 is 18.9 Å². The Bertz CT molecular complexity index is 1470. The van der Waals surface area contributed by atoms with Crippen LogP contribution in [0, 0.1) is 5.82 Å². The van der Waals surface area contributed by atoms with Gasteiger partial charge in [-0.05, 0) is 65.6 Å². The fraction of sp³-hybridized carbons (Fsp3) is 0.200. The maximum Gasteiger partial charge on any atom is 0.573 e. The normalized spacial score (nSPS) is 12.6. The first kappa shape index (κ1) is 31.5. The molecule has 0 amide bonds. The largest absolute Gasteiger partial charge is 0.573 e. The molecule has 0 aliphatic rings. The number of hydrogen-bond acceptors (Lipinski definition) is 3. The van der Waals surface area contributed by atoms with Crippen LogP contribution < -0.4 is 14.8 Å². The van der Waals surface area contributed by atoms with Crippen LogP contribution in [-0.4, -0.2) is 19.3 Å². The molecule has 228 valence electrons. The number of nitrogens with one attached hydrogen (secondary N) is 1. The summed E-state index contributed by atoms with van der Waals surface area (Å²) in [5.74, 6) is -2.50. The van der Waals surface area contributed by atoms with Crippen LogP contribution in [0.2, 0.25) is 0 Å². The van der Waals surface area contributed by atoms with E-state index < -0.39 is 53.7 Å². The van der Waals surface area contributed by atoms with Gasteiger partial charge in [-0.2, -0.15) is 13.2 Å². The summed E-state index contributed by atoms with van der Waals surface area (Å²) in [6, 6.07) is 19.4. The fourth-order valence-corrected chi connectivity index (χ4v) is 4.67. The van der Waals surface area contributed by atoms with E-state index in [0.29, 0.717) is 11.6 Å². The highest BCUT2D eigenvalue weighted by molar-refractivity contribution is 5.52. The average Bonchev–Trinajstić information content (AvgIpc) is 2.89. The molecule has 4 rings (SSSR count). The Hall–Kier alpha value is -4.42. The van der Waals surface area contributed by atoms with Crippen molar-refractivity contribution in [2.45, 2.75) is 30.7 Å². The first-order valence-corrected chi connectivity index (χ1v) is 12.4. The molecular formula is C30H21F10NO2. The zero-order valence-electron chi connectivity index (χ0n) is 21.7. The molecule has 0 aliphatic carbocycles. The molecule has 0 fully saturated rings. The molecule has 43 heavy (non-hydrogen) atoms. The minimum Gasteiger partial charge on any atom is -0.406 e. The third kappa shape index (κ3) is 8.55. The summed E-state index contributed by atoms with van der Waals surface area (Å²) in [6.07, 6.45) is -15.1. The Kier molecular flexibility index (Phi) is 8.84. The summed E-state index contributed by atoms with van der Waals surface area (Å²) >= 11 is 0. The van der Waals surface area contributed by atoms with Crippen LogP contribution >= 0.6 is 0 Å². The van der Waals surface area contributed by atoms with E-state index in [0.717, 1.165) is 30.3 Å². The van der Waals surface area contributed by atoms with E-state index in [4.69, 9.17) is 0 Å². The van der Waals surface area contributed by atoms with Crippen LogP contribution in [0.5, 0.6) is 11.5 Å². The van der Waals surface area contributed by atoms with Gasteiger partial charge in [0.2, 0.25) is 0 Å². The number of ether oxygens (including phenoxy) is 2. The van der Waals surface area contributed by atoms with E-state index in [1.165, 1.54) is 24.3 Å². The highest BCUT2D eigenvalue weighted by Crippen LogP contribution is 2.41. The van der Waals surface area contributed by atoms with Crippen molar-refractivity contribution >= 4 is 5.69 Å². The molecule has 0 atom stereocenters. The Morgan fingerprint density at radius 1 is 0.558 bits per heavy atom. The second-order valence-electron chi connectivity index (χ2n) is 9.48. The maximum atomic E-state index is 14.2. The number of anilines is 1. The van der Waals surface area contributed by atoms with E-state index >= 15 is 0 Å². The first-order chi connectivity index (χ1) is 20.0. The molecule has 4 aromatic rings. The molecule has 0 bridgehead atoms. The molecule has 0 aliphatic heterocycles. The number of halogens is 10. The number of alkyl halides is 9. The molecule has 0 unspecified atom stereocenters. The summed E-state index contributed by atoms with van der Waals surface area (Å²) < 4.78 is 141. The summed E-state index contributed by atoms with van der Waals surface area (Å²) in [6.45, 7) is -0.409. The molecule has 3 nitrogen and oxygen atoms in total. The maximum absolute atomic E-state index is 14.2. The van der Waals surface area contributed by atoms with E-state index in [1.807, 2.05) is 0 Å². The predicted octanol–water partition coefficient (Wildman–Crippen LogP) is 9.28. The second-order valence-corrected chi connectivity index (χ2v) is 9.48. The molecule has 1 N–H and O–H groups in total. The lowest BCUT2D eigenvalue weighted by atomic mass is 9.70. The molecule has 0 saturated carbocycles. The van der Waals surface area contributed by atoms with Crippen molar-refractivity contribution in [3.8, 4) is 11.5 Å². The lowest BCUT2D eigenvalue weighted by Crippen LogP contribution is -2.38. The average molecular weight is 617 g/mol. The van der Waals surface area contributed by atoms with Crippen molar-refractivity contribution in [2.75, 3.05) is 11.9 Å². The Morgan fingerprint density at radius 2 is 1.09 bits per heavy atom. The Morgan fingerprint density at radius 3 is 1.58 bits per heavy atom. The van der Waals surface area contributed by atoms with Crippen molar-refractivity contribution < 1.29 is 53.4 Å². The molecule has 13 heteroatoms. The van der Waals surface area contributed by atoms with E-state index in [-0.39, 0.29) is 29.3 Å². The van der Waals surface area contributed by atoms with E-state index in [1.54, 1.807) is 30.3 Å². The molecule has 0 aromatic heterocycles. The van der Waals surface area contributed by atoms with Crippen molar-refractivity contribution in [1.29, 1.82) is 0 Å². The van der Waals surface area contributed by atoms with E-state index in [9.17, 15) is 43.9 Å². The van der Waals surface area contributed by atoms with Gasteiger partial charge in [-0.25, -0.2) is 4.39 Å². The van der Waals surface area contributed by atoms with Gasteiger partial charge < -0.3 is 14.8 Å². The van der Waals surface area contributed by atoms with Crippen molar-refractivity contribution in [3.63, 3.8) is 0 Å². The van der Waals surface area contributed by atoms with Crippen LogP contribution in [0.25, 0.3) is 0 Å². The molecule has 0 spiro atoms. The lowest BCUT2D eigenvalue weighted by Gasteiger charge is -2.37. The highest BCUT2D eigenvalue weighted by atomic mass is 19.4. The monoisotopic (exact) mass is 617 g/mol. The quantitative estimate of drug-likeness (QED) is 0.190. The van der Waals surface area contributed by atoms with Gasteiger partial charge in [-0.15, -0.1) is 26.3 Å². The van der Waals surface area contributed by atoms with Gasteiger partial charge in [0.05, 0.1) is 5.56 Å². The van der Waals surface area contributed by atoms with Crippen molar-refractivity contribution in [1.82, 2.24) is 0 Å². The number of hydrogen-bond donors (Lipinski definition) is 1. The van der Waals surface area contributed by atoms with E-state index in [2.05, 4.69) is 14.8 Å². The number of benzene rings is 4. The van der Waals surface area contributed by atoms with Crippen LogP contribution in [0.15, 0.2) is 97.1 Å². The number of rotatable bonds is 9. The van der Waals surface area contributed by atoms with Gasteiger partial charge in [-0.1, -0.05) is 54.6 Å². The van der Waals surface area contributed by atoms with Gasteiger partial charge in [0.25, 0.3) is 0 Å². The van der Waals surface area contributed by atoms with Crippen LogP contribution in [0.1, 0.15) is 22.3 Å². The summed E-state index contributed by atoms with van der Waals surface area (Å²) in [4.78, 5) is 0. The zero-order chi connectivity index (χ0) is 31.5. The third-order valence-corrected chi connectivity index (χ3v) is 6.41. The first-order valence-electron chi connectivity index (χ1n) is 12.4. The molecule has 0 radical (unpaired) electrons. The SMILES string of the molecule is Fc1cc(NCC(Cc2ccccc2)(c2cccc(OC(F)(F)F)c2)c2cccc(OC(F)(F)F)c2)cc(C(F)(F)F)c1. The van der Waals surface area contributed by atoms with Gasteiger partial charge in [0.1, 0.15) is 17.3 Å². The Labute approximate surface area is 238 Å². The summed E-state index contributed by atoms with van der Waals surface area (Å²) in [5, 5.41) is 2.73. The van der Waals surface area contributed by atoms with Crippen LogP contribution in [-0.2, 0) is 18.0 Å². The second kappa shape index (κ2) is 12.1. The highest BCUT2D eigenvalue weighted by Gasteiger charge is 2.38.